The van der Waals surface area contributed by atoms with Crippen LogP contribution in [0, 0.1) is 0 Å². The molecule has 0 amide bonds. The van der Waals surface area contributed by atoms with Gasteiger partial charge in [0.2, 0.25) is 0 Å². The van der Waals surface area contributed by atoms with Gasteiger partial charge in [0.05, 0.1) is 22.1 Å². The first-order valence-electron chi connectivity index (χ1n) is 19.6. The number of pyridine rings is 2. The summed E-state index contributed by atoms with van der Waals surface area (Å²) in [4.78, 5) is 10.0. The first-order valence-corrected chi connectivity index (χ1v) is 19.6. The maximum absolute atomic E-state index is 5.30. The van der Waals surface area contributed by atoms with E-state index in [0.717, 1.165) is 33.1 Å². The van der Waals surface area contributed by atoms with Crippen LogP contribution in [0.15, 0.2) is 206 Å². The fourth-order valence-electron chi connectivity index (χ4n) is 9.83. The summed E-state index contributed by atoms with van der Waals surface area (Å²) in [5.41, 5.74) is 13.7. The third-order valence-corrected chi connectivity index (χ3v) is 12.3. The van der Waals surface area contributed by atoms with Crippen molar-refractivity contribution in [3.8, 4) is 33.5 Å². The highest BCUT2D eigenvalue weighted by Crippen LogP contribution is 2.58. The third kappa shape index (κ3) is 4.65. The lowest BCUT2D eigenvalue weighted by Gasteiger charge is -2.34. The predicted octanol–water partition coefficient (Wildman–Crippen LogP) is 13.9. The van der Waals surface area contributed by atoms with Gasteiger partial charge in [-0.15, -0.1) is 0 Å². The Morgan fingerprint density at radius 2 is 0.947 bits per heavy atom. The summed E-state index contributed by atoms with van der Waals surface area (Å²) >= 11 is 0. The van der Waals surface area contributed by atoms with Crippen LogP contribution >= 0.6 is 0 Å². The van der Waals surface area contributed by atoms with Gasteiger partial charge >= 0.3 is 0 Å². The predicted molar refractivity (Wildman–Crippen MR) is 238 cm³/mol. The van der Waals surface area contributed by atoms with Crippen molar-refractivity contribution in [3.05, 3.63) is 229 Å². The minimum atomic E-state index is -0.462. The Labute approximate surface area is 330 Å². The third-order valence-electron chi connectivity index (χ3n) is 12.3. The van der Waals surface area contributed by atoms with Gasteiger partial charge in [-0.2, -0.15) is 0 Å². The van der Waals surface area contributed by atoms with Crippen LogP contribution < -0.4 is 0 Å². The highest BCUT2D eigenvalue weighted by molar-refractivity contribution is 6.12. The van der Waals surface area contributed by atoms with Crippen LogP contribution in [0.5, 0.6) is 0 Å². The van der Waals surface area contributed by atoms with Crippen molar-refractivity contribution in [1.82, 2.24) is 9.97 Å². The van der Waals surface area contributed by atoms with Gasteiger partial charge in [0.15, 0.2) is 0 Å². The molecule has 1 aliphatic carbocycles. The monoisotopic (exact) mass is 722 g/mol. The Morgan fingerprint density at radius 1 is 0.351 bits per heavy atom. The lowest BCUT2D eigenvalue weighted by Crippen LogP contribution is -2.28. The molecule has 2 heterocycles. The van der Waals surface area contributed by atoms with E-state index in [-0.39, 0.29) is 0 Å². The smallest absolute Gasteiger partial charge is 0.0972 e. The zero-order chi connectivity index (χ0) is 37.5. The first-order chi connectivity index (χ1) is 28.3. The van der Waals surface area contributed by atoms with Gasteiger partial charge in [0.25, 0.3) is 0 Å². The second-order valence-corrected chi connectivity index (χ2v) is 15.3. The number of hydrogen-bond acceptors (Lipinski definition) is 2. The van der Waals surface area contributed by atoms with Gasteiger partial charge in [-0.25, -0.2) is 4.98 Å². The molecule has 57 heavy (non-hydrogen) atoms. The minimum absolute atomic E-state index is 0.462. The Kier molecular flexibility index (Phi) is 6.88. The topological polar surface area (TPSA) is 25.8 Å². The summed E-state index contributed by atoms with van der Waals surface area (Å²) in [6, 6.07) is 73.5. The highest BCUT2D eigenvalue weighted by atomic mass is 14.8. The molecule has 1 aliphatic rings. The lowest BCUT2D eigenvalue weighted by atomic mass is 9.66. The number of aromatic nitrogens is 2. The largest absolute Gasteiger partial charge is 0.254 e. The lowest BCUT2D eigenvalue weighted by molar-refractivity contribution is 0.775. The van der Waals surface area contributed by atoms with Crippen molar-refractivity contribution in [3.63, 3.8) is 0 Å². The summed E-state index contributed by atoms with van der Waals surface area (Å²) < 4.78 is 0. The summed E-state index contributed by atoms with van der Waals surface area (Å²) in [7, 11) is 0. The molecule has 0 unspecified atom stereocenters. The van der Waals surface area contributed by atoms with E-state index in [2.05, 4.69) is 194 Å². The van der Waals surface area contributed by atoms with E-state index in [1.54, 1.807) is 0 Å². The number of benzene rings is 9. The zero-order valence-corrected chi connectivity index (χ0v) is 31.0. The van der Waals surface area contributed by atoms with Gasteiger partial charge in [-0.05, 0) is 107 Å². The van der Waals surface area contributed by atoms with Crippen molar-refractivity contribution in [2.45, 2.75) is 5.41 Å². The molecule has 2 heteroatoms. The fourth-order valence-corrected chi connectivity index (χ4v) is 9.83. The molecule has 0 saturated heterocycles. The van der Waals surface area contributed by atoms with Crippen molar-refractivity contribution < 1.29 is 0 Å². The van der Waals surface area contributed by atoms with Crippen LogP contribution in [0.1, 0.15) is 22.3 Å². The van der Waals surface area contributed by atoms with Gasteiger partial charge in [-0.1, -0.05) is 170 Å². The van der Waals surface area contributed by atoms with Gasteiger partial charge in [0, 0.05) is 22.5 Å². The van der Waals surface area contributed by atoms with E-state index in [9.17, 15) is 0 Å². The maximum Gasteiger partial charge on any atom is 0.0972 e. The van der Waals surface area contributed by atoms with Gasteiger partial charge < -0.3 is 0 Å². The SMILES string of the molecule is c1ccc(C2(c3ccccc3)c3ccccc3-c3ccc4cc(-c5ccc(-c6ccc7ccc8cccnc8c7n6)c6cc7ccccc7cc56)ccc4c32)cc1. The zero-order valence-electron chi connectivity index (χ0n) is 31.0. The van der Waals surface area contributed by atoms with Gasteiger partial charge in [-0.3, -0.25) is 4.98 Å². The molecule has 0 radical (unpaired) electrons. The summed E-state index contributed by atoms with van der Waals surface area (Å²) in [5, 5.41) is 9.50. The summed E-state index contributed by atoms with van der Waals surface area (Å²) in [6.45, 7) is 0. The second-order valence-electron chi connectivity index (χ2n) is 15.3. The van der Waals surface area contributed by atoms with Crippen molar-refractivity contribution >= 4 is 54.1 Å². The average Bonchev–Trinajstić information content (AvgIpc) is 3.59. The van der Waals surface area contributed by atoms with Crippen LogP contribution in [-0.4, -0.2) is 9.97 Å². The number of fused-ring (bicyclic) bond motifs is 10. The van der Waals surface area contributed by atoms with E-state index in [0.29, 0.717) is 0 Å². The van der Waals surface area contributed by atoms with E-state index < -0.39 is 5.41 Å². The number of hydrogen-bond donors (Lipinski definition) is 0. The second kappa shape index (κ2) is 12.3. The molecular weight excluding hydrogens is 689 g/mol. The Bertz CT molecular complexity index is 3360. The minimum Gasteiger partial charge on any atom is -0.254 e. The van der Waals surface area contributed by atoms with E-state index in [1.165, 1.54) is 76.8 Å². The molecule has 0 spiro atoms. The Hall–Kier alpha value is -7.42. The molecule has 9 aromatic carbocycles. The van der Waals surface area contributed by atoms with Gasteiger partial charge in [0.1, 0.15) is 0 Å². The van der Waals surface area contributed by atoms with Crippen LogP contribution in [0.2, 0.25) is 0 Å². The molecule has 2 aromatic heterocycles. The highest BCUT2D eigenvalue weighted by Gasteiger charge is 2.46. The average molecular weight is 723 g/mol. The molecule has 0 bridgehead atoms. The first kappa shape index (κ1) is 31.9. The van der Waals surface area contributed by atoms with E-state index >= 15 is 0 Å². The number of rotatable bonds is 4. The van der Waals surface area contributed by atoms with E-state index in [1.807, 2.05) is 12.3 Å². The van der Waals surface area contributed by atoms with Crippen molar-refractivity contribution in [1.29, 1.82) is 0 Å². The number of nitrogens with zero attached hydrogens (tertiary/aromatic N) is 2. The summed E-state index contributed by atoms with van der Waals surface area (Å²) in [5.74, 6) is 0. The van der Waals surface area contributed by atoms with E-state index in [4.69, 9.17) is 9.97 Å². The molecule has 264 valence electrons. The molecule has 0 saturated carbocycles. The maximum atomic E-state index is 5.30. The van der Waals surface area contributed by atoms with Crippen LogP contribution in [0.4, 0.5) is 0 Å². The van der Waals surface area contributed by atoms with Crippen molar-refractivity contribution in [2.24, 2.45) is 0 Å². The molecular formula is C55H34N2. The summed E-state index contributed by atoms with van der Waals surface area (Å²) in [6.07, 6.45) is 1.85. The normalized spacial score (nSPS) is 13.1. The molecule has 0 aliphatic heterocycles. The molecule has 0 fully saturated rings. The Balaban J connectivity index is 1.09. The standard InChI is InChI=1S/C55H34N2/c1-3-15-41(16-4-1)55(42-17-5-2-6-18-42)50-20-10-9-19-45(50)47-27-24-40-32-39(23-26-44(40)52(47)55)43-28-29-46(49-34-38-13-8-7-12-37(38)33-48(43)49)51-30-25-36-22-21-35-14-11-31-56-53(35)54(36)57-51/h1-34H. The molecule has 2 nitrogen and oxygen atoms in total. The molecule has 0 N–H and O–H groups in total. The van der Waals surface area contributed by atoms with Crippen molar-refractivity contribution in [2.75, 3.05) is 0 Å². The molecule has 11 aromatic rings. The van der Waals surface area contributed by atoms with Crippen LogP contribution in [-0.2, 0) is 5.41 Å². The van der Waals surface area contributed by atoms with Crippen LogP contribution in [0.3, 0.4) is 0 Å². The van der Waals surface area contributed by atoms with Crippen LogP contribution in [0.25, 0.3) is 87.6 Å². The molecule has 12 rings (SSSR count). The quantitative estimate of drug-likeness (QED) is 0.134. The fraction of sp³-hybridized carbons (Fsp3) is 0.0182. The Morgan fingerprint density at radius 3 is 1.72 bits per heavy atom. The molecule has 0 atom stereocenters.